The van der Waals surface area contributed by atoms with E-state index in [9.17, 15) is 9.90 Å². The lowest BCUT2D eigenvalue weighted by molar-refractivity contribution is 0.436. The summed E-state index contributed by atoms with van der Waals surface area (Å²) in [6.45, 7) is 7.36. The van der Waals surface area contributed by atoms with Gasteiger partial charge >= 0.3 is 0 Å². The lowest BCUT2D eigenvalue weighted by Crippen LogP contribution is -2.16. The van der Waals surface area contributed by atoms with E-state index in [1.54, 1.807) is 61.9 Å². The van der Waals surface area contributed by atoms with E-state index in [1.165, 1.54) is 4.57 Å². The molecule has 5 nitrogen and oxygen atoms in total. The van der Waals surface area contributed by atoms with Gasteiger partial charge in [0, 0.05) is 30.4 Å². The third-order valence-electron chi connectivity index (χ3n) is 3.88. The van der Waals surface area contributed by atoms with Crippen LogP contribution in [0.25, 0.3) is 22.0 Å². The Morgan fingerprint density at radius 1 is 1.32 bits per heavy atom. The number of aromatic hydroxyl groups is 1. The second-order valence-corrected chi connectivity index (χ2v) is 5.49. The van der Waals surface area contributed by atoms with E-state index in [0.717, 1.165) is 0 Å². The van der Waals surface area contributed by atoms with Crippen LogP contribution in [0.1, 0.15) is 0 Å². The molecule has 0 amide bonds. The third kappa shape index (κ3) is 2.87. The largest absolute Gasteiger partial charge is 0.507 e. The molecule has 0 radical (unpaired) electrons. The van der Waals surface area contributed by atoms with Gasteiger partial charge in [-0.2, -0.15) is 0 Å². The summed E-state index contributed by atoms with van der Waals surface area (Å²) < 4.78 is 7.35. The number of aromatic nitrogens is 2. The van der Waals surface area contributed by atoms with Crippen LogP contribution in [0.5, 0.6) is 11.5 Å². The Labute approximate surface area is 144 Å². The molecule has 2 heterocycles. The number of ether oxygens (including phenoxy) is 1. The van der Waals surface area contributed by atoms with E-state index in [-0.39, 0.29) is 11.3 Å². The highest BCUT2D eigenvalue weighted by molar-refractivity contribution is 5.97. The molecule has 2 N–H and O–H groups in total. The summed E-state index contributed by atoms with van der Waals surface area (Å²) in [5.41, 5.74) is 1.52. The third-order valence-corrected chi connectivity index (χ3v) is 3.88. The maximum Gasteiger partial charge on any atom is 0.274 e. The molecule has 3 aromatic rings. The molecule has 0 atom stereocenters. The Balaban J connectivity index is 2.28. The predicted molar refractivity (Wildman–Crippen MR) is 99.7 cm³/mol. The maximum absolute atomic E-state index is 12.3. The lowest BCUT2D eigenvalue weighted by atomic mass is 10.0. The van der Waals surface area contributed by atoms with Crippen LogP contribution >= 0.6 is 0 Å². The second kappa shape index (κ2) is 6.57. The highest BCUT2D eigenvalue weighted by Crippen LogP contribution is 2.41. The molecule has 5 heteroatoms. The molecule has 0 saturated carbocycles. The average molecular weight is 334 g/mol. The Morgan fingerprint density at radius 3 is 2.84 bits per heavy atom. The van der Waals surface area contributed by atoms with Gasteiger partial charge in [-0.15, -0.1) is 0 Å². The number of nitrogens with one attached hydrogen (secondary N) is 1. The van der Waals surface area contributed by atoms with Gasteiger partial charge in [-0.3, -0.25) is 4.79 Å². The number of hydrogen-bond acceptors (Lipinski definition) is 3. The number of rotatable bonds is 5. The van der Waals surface area contributed by atoms with Crippen molar-refractivity contribution in [2.45, 2.75) is 0 Å². The van der Waals surface area contributed by atoms with E-state index in [1.807, 2.05) is 0 Å². The SMILES string of the molecule is C=C/C=C(\C=C)Oc1cccc(O)c1-c1cn(C)c(=O)c2[nH]ccc12. The molecule has 0 unspecified atom stereocenters. The first-order chi connectivity index (χ1) is 12.1. The number of aryl methyl sites for hydroxylation is 1. The zero-order valence-electron chi connectivity index (χ0n) is 13.8. The quantitative estimate of drug-likeness (QED) is 0.550. The standard InChI is InChI=1S/C20H18N2O3/c1-4-7-13(5-2)25-17-9-6-8-16(23)18(17)15-12-22(3)20(24)19-14(15)10-11-21-19/h4-12,21,23H,1-2H2,3H3/b13-7+. The smallest absolute Gasteiger partial charge is 0.274 e. The molecule has 0 aliphatic heterocycles. The van der Waals surface area contributed by atoms with Gasteiger partial charge in [-0.05, 0) is 30.4 Å². The van der Waals surface area contributed by atoms with Crippen LogP contribution in [-0.2, 0) is 7.05 Å². The van der Waals surface area contributed by atoms with E-state index in [0.29, 0.717) is 33.5 Å². The Morgan fingerprint density at radius 2 is 2.12 bits per heavy atom. The first-order valence-corrected chi connectivity index (χ1v) is 7.69. The normalized spacial score (nSPS) is 11.5. The molecule has 126 valence electrons. The minimum atomic E-state index is -0.139. The summed E-state index contributed by atoms with van der Waals surface area (Å²) in [5.74, 6) is 1.01. The zero-order chi connectivity index (χ0) is 18.0. The average Bonchev–Trinajstić information content (AvgIpc) is 3.08. The number of H-pyrrole nitrogens is 1. The first kappa shape index (κ1) is 16.4. The van der Waals surface area contributed by atoms with Crippen LogP contribution in [0, 0.1) is 0 Å². The fourth-order valence-corrected chi connectivity index (χ4v) is 2.73. The number of hydrogen-bond donors (Lipinski definition) is 2. The Kier molecular flexibility index (Phi) is 4.31. The highest BCUT2D eigenvalue weighted by atomic mass is 16.5. The van der Waals surface area contributed by atoms with Gasteiger partial charge in [0.05, 0.1) is 5.56 Å². The van der Waals surface area contributed by atoms with Gasteiger partial charge in [0.1, 0.15) is 22.8 Å². The fourth-order valence-electron chi connectivity index (χ4n) is 2.73. The highest BCUT2D eigenvalue weighted by Gasteiger charge is 2.18. The molecule has 0 saturated heterocycles. The molecule has 0 bridgehead atoms. The molecule has 0 spiro atoms. The van der Waals surface area contributed by atoms with Crippen molar-refractivity contribution in [3.8, 4) is 22.6 Å². The summed E-state index contributed by atoms with van der Waals surface area (Å²) in [6.07, 6.45) is 8.21. The monoisotopic (exact) mass is 334 g/mol. The second-order valence-electron chi connectivity index (χ2n) is 5.49. The van der Waals surface area contributed by atoms with Gasteiger partial charge < -0.3 is 19.4 Å². The molecular weight excluding hydrogens is 316 g/mol. The fraction of sp³-hybridized carbons (Fsp3) is 0.0500. The summed E-state index contributed by atoms with van der Waals surface area (Å²) in [6, 6.07) is 6.82. The van der Waals surface area contributed by atoms with Crippen LogP contribution in [0.15, 0.2) is 78.6 Å². The van der Waals surface area contributed by atoms with Gasteiger partial charge in [0.15, 0.2) is 0 Å². The van der Waals surface area contributed by atoms with Crippen LogP contribution in [0.3, 0.4) is 0 Å². The van der Waals surface area contributed by atoms with Gasteiger partial charge in [0.2, 0.25) is 0 Å². The van der Waals surface area contributed by atoms with Crippen LogP contribution < -0.4 is 10.3 Å². The molecule has 0 aliphatic carbocycles. The van der Waals surface area contributed by atoms with Crippen molar-refractivity contribution in [1.29, 1.82) is 0 Å². The summed E-state index contributed by atoms with van der Waals surface area (Å²) >= 11 is 0. The number of aromatic amines is 1. The van der Waals surface area contributed by atoms with Crippen molar-refractivity contribution in [2.75, 3.05) is 0 Å². The van der Waals surface area contributed by atoms with Crippen molar-refractivity contribution in [2.24, 2.45) is 7.05 Å². The molecule has 1 aromatic carbocycles. The van der Waals surface area contributed by atoms with Crippen molar-refractivity contribution in [3.05, 3.63) is 84.2 Å². The number of phenolic OH excluding ortho intramolecular Hbond substituents is 1. The minimum absolute atomic E-state index is 0.0562. The van der Waals surface area contributed by atoms with Crippen molar-refractivity contribution in [1.82, 2.24) is 9.55 Å². The molecule has 2 aromatic heterocycles. The number of fused-ring (bicyclic) bond motifs is 1. The maximum atomic E-state index is 12.3. The lowest BCUT2D eigenvalue weighted by Gasteiger charge is -2.15. The summed E-state index contributed by atoms with van der Waals surface area (Å²) in [7, 11) is 1.67. The van der Waals surface area contributed by atoms with Crippen LogP contribution in [0.4, 0.5) is 0 Å². The summed E-state index contributed by atoms with van der Waals surface area (Å²) in [5, 5.41) is 11.2. The van der Waals surface area contributed by atoms with Crippen LogP contribution in [-0.4, -0.2) is 14.7 Å². The molecule has 25 heavy (non-hydrogen) atoms. The number of phenols is 1. The molecular formula is C20H18N2O3. The van der Waals surface area contributed by atoms with E-state index in [4.69, 9.17) is 4.74 Å². The zero-order valence-corrected chi connectivity index (χ0v) is 13.8. The molecule has 3 rings (SSSR count). The Bertz CT molecular complexity index is 1050. The van der Waals surface area contributed by atoms with E-state index >= 15 is 0 Å². The van der Waals surface area contributed by atoms with Crippen molar-refractivity contribution >= 4 is 10.9 Å². The van der Waals surface area contributed by atoms with Gasteiger partial charge in [0.25, 0.3) is 5.56 Å². The number of benzene rings is 1. The van der Waals surface area contributed by atoms with Crippen LogP contribution in [0.2, 0.25) is 0 Å². The number of nitrogens with zero attached hydrogens (tertiary/aromatic N) is 1. The predicted octanol–water partition coefficient (Wildman–Crippen LogP) is 3.87. The topological polar surface area (TPSA) is 67.2 Å². The van der Waals surface area contributed by atoms with Crippen molar-refractivity contribution in [3.63, 3.8) is 0 Å². The number of pyridine rings is 1. The first-order valence-electron chi connectivity index (χ1n) is 7.69. The molecule has 0 aliphatic rings. The van der Waals surface area contributed by atoms with E-state index in [2.05, 4.69) is 18.1 Å². The van der Waals surface area contributed by atoms with Crippen molar-refractivity contribution < 1.29 is 9.84 Å². The van der Waals surface area contributed by atoms with E-state index < -0.39 is 0 Å². The number of allylic oxidation sites excluding steroid dienone is 3. The summed E-state index contributed by atoms with van der Waals surface area (Å²) in [4.78, 5) is 15.2. The minimum Gasteiger partial charge on any atom is -0.507 e. The Hall–Kier alpha value is -3.47. The molecule has 0 fully saturated rings. The van der Waals surface area contributed by atoms with Gasteiger partial charge in [-0.1, -0.05) is 25.3 Å². The van der Waals surface area contributed by atoms with Gasteiger partial charge in [-0.25, -0.2) is 0 Å².